The Balaban J connectivity index is 1.85. The molecular weight excluding hydrogens is 295 g/mol. The first-order chi connectivity index (χ1) is 8.72. The van der Waals surface area contributed by atoms with Crippen molar-refractivity contribution in [1.29, 1.82) is 0 Å². The maximum Gasteiger partial charge on any atom is 0.214 e. The fourth-order valence-corrected chi connectivity index (χ4v) is 2.81. The molecule has 1 atom stereocenters. The molecule has 1 aliphatic carbocycles. The van der Waals surface area contributed by atoms with Gasteiger partial charge in [-0.1, -0.05) is 28.1 Å². The van der Waals surface area contributed by atoms with Crippen molar-refractivity contribution in [3.8, 4) is 0 Å². The fourth-order valence-electron chi connectivity index (χ4n) is 2.40. The molecule has 92 valence electrons. The van der Waals surface area contributed by atoms with Gasteiger partial charge in [0.25, 0.3) is 0 Å². The van der Waals surface area contributed by atoms with E-state index in [9.17, 15) is 4.39 Å². The van der Waals surface area contributed by atoms with Gasteiger partial charge in [0.1, 0.15) is 5.82 Å². The number of aromatic nitrogens is 1. The number of benzene rings is 1. The normalized spacial score (nSPS) is 17.6. The zero-order valence-electron chi connectivity index (χ0n) is 9.66. The molecule has 1 N–H and O–H groups in total. The number of hydrogen-bond acceptors (Lipinski definition) is 2. The molecule has 0 aliphatic heterocycles. The average molecular weight is 307 g/mol. The zero-order valence-corrected chi connectivity index (χ0v) is 11.2. The molecule has 3 rings (SSSR count). The molecule has 1 heterocycles. The SMILES string of the molecule is Fc1cccc(NC2CCc3cc(Br)ccc32)n1. The second-order valence-electron chi connectivity index (χ2n) is 4.42. The summed E-state index contributed by atoms with van der Waals surface area (Å²) in [6.07, 6.45) is 2.06. The third-order valence-corrected chi connectivity index (χ3v) is 3.71. The van der Waals surface area contributed by atoms with E-state index in [0.717, 1.165) is 17.3 Å². The van der Waals surface area contributed by atoms with Crippen molar-refractivity contribution in [2.24, 2.45) is 0 Å². The number of nitrogens with one attached hydrogen (secondary N) is 1. The summed E-state index contributed by atoms with van der Waals surface area (Å²) in [6, 6.07) is 11.3. The first-order valence-electron chi connectivity index (χ1n) is 5.90. The van der Waals surface area contributed by atoms with Gasteiger partial charge >= 0.3 is 0 Å². The molecule has 2 aromatic rings. The predicted molar refractivity (Wildman–Crippen MR) is 73.0 cm³/mol. The van der Waals surface area contributed by atoms with Gasteiger partial charge in [-0.15, -0.1) is 0 Å². The van der Waals surface area contributed by atoms with E-state index in [4.69, 9.17) is 0 Å². The number of anilines is 1. The number of rotatable bonds is 2. The van der Waals surface area contributed by atoms with E-state index in [-0.39, 0.29) is 6.04 Å². The summed E-state index contributed by atoms with van der Waals surface area (Å²) in [6.45, 7) is 0. The first kappa shape index (κ1) is 11.7. The van der Waals surface area contributed by atoms with Crippen LogP contribution in [0.2, 0.25) is 0 Å². The van der Waals surface area contributed by atoms with Crippen LogP contribution in [0.1, 0.15) is 23.6 Å². The highest BCUT2D eigenvalue weighted by Gasteiger charge is 2.22. The lowest BCUT2D eigenvalue weighted by atomic mass is 10.1. The minimum absolute atomic E-state index is 0.224. The summed E-state index contributed by atoms with van der Waals surface area (Å²) in [5.41, 5.74) is 2.63. The quantitative estimate of drug-likeness (QED) is 0.846. The van der Waals surface area contributed by atoms with E-state index in [1.807, 2.05) is 6.07 Å². The van der Waals surface area contributed by atoms with Gasteiger partial charge in [-0.2, -0.15) is 4.39 Å². The van der Waals surface area contributed by atoms with Gasteiger partial charge in [0.2, 0.25) is 5.95 Å². The molecule has 0 amide bonds. The Labute approximate surface area is 113 Å². The molecule has 18 heavy (non-hydrogen) atoms. The smallest absolute Gasteiger partial charge is 0.214 e. The van der Waals surface area contributed by atoms with Crippen molar-refractivity contribution in [3.05, 3.63) is 57.9 Å². The van der Waals surface area contributed by atoms with Crippen molar-refractivity contribution in [3.63, 3.8) is 0 Å². The van der Waals surface area contributed by atoms with Crippen LogP contribution in [0.4, 0.5) is 10.2 Å². The maximum absolute atomic E-state index is 13.0. The molecule has 0 spiro atoms. The lowest BCUT2D eigenvalue weighted by Gasteiger charge is -2.14. The Morgan fingerprint density at radius 2 is 2.17 bits per heavy atom. The molecule has 0 bridgehead atoms. The molecule has 0 fully saturated rings. The van der Waals surface area contributed by atoms with Gasteiger partial charge in [-0.25, -0.2) is 4.98 Å². The summed E-state index contributed by atoms with van der Waals surface area (Å²) in [4.78, 5) is 3.84. The fraction of sp³-hybridized carbons (Fsp3) is 0.214. The highest BCUT2D eigenvalue weighted by Crippen LogP contribution is 2.34. The largest absolute Gasteiger partial charge is 0.363 e. The Bertz CT molecular complexity index is 586. The average Bonchev–Trinajstić information content (AvgIpc) is 2.72. The summed E-state index contributed by atoms with van der Waals surface area (Å²) < 4.78 is 14.1. The molecule has 0 radical (unpaired) electrons. The summed E-state index contributed by atoms with van der Waals surface area (Å²) in [5, 5.41) is 3.29. The number of halogens is 2. The summed E-state index contributed by atoms with van der Waals surface area (Å²) in [5.74, 6) is 0.143. The van der Waals surface area contributed by atoms with E-state index >= 15 is 0 Å². The van der Waals surface area contributed by atoms with E-state index in [2.05, 4.69) is 38.4 Å². The van der Waals surface area contributed by atoms with Crippen LogP contribution in [0, 0.1) is 5.95 Å². The molecule has 4 heteroatoms. The van der Waals surface area contributed by atoms with Crippen molar-refractivity contribution < 1.29 is 4.39 Å². The van der Waals surface area contributed by atoms with E-state index in [0.29, 0.717) is 5.82 Å². The van der Waals surface area contributed by atoms with E-state index in [1.54, 1.807) is 12.1 Å². The van der Waals surface area contributed by atoms with Crippen LogP contribution in [0.15, 0.2) is 40.9 Å². The standard InChI is InChI=1S/C14H12BrFN2/c15-10-5-6-11-9(8-10)4-7-12(11)17-14-3-1-2-13(16)18-14/h1-3,5-6,8,12H,4,7H2,(H,17,18). The number of fused-ring (bicyclic) bond motifs is 1. The van der Waals surface area contributed by atoms with Crippen LogP contribution in [-0.4, -0.2) is 4.98 Å². The van der Waals surface area contributed by atoms with E-state index in [1.165, 1.54) is 17.2 Å². The molecular formula is C14H12BrFN2. The van der Waals surface area contributed by atoms with Crippen LogP contribution in [0.3, 0.4) is 0 Å². The van der Waals surface area contributed by atoms with Crippen molar-refractivity contribution in [1.82, 2.24) is 4.98 Å². The summed E-state index contributed by atoms with van der Waals surface area (Å²) in [7, 11) is 0. The molecule has 1 aromatic heterocycles. The Morgan fingerprint density at radius 1 is 1.28 bits per heavy atom. The monoisotopic (exact) mass is 306 g/mol. The maximum atomic E-state index is 13.0. The molecule has 2 nitrogen and oxygen atoms in total. The van der Waals surface area contributed by atoms with Crippen molar-refractivity contribution in [2.45, 2.75) is 18.9 Å². The van der Waals surface area contributed by atoms with Crippen LogP contribution in [0.5, 0.6) is 0 Å². The topological polar surface area (TPSA) is 24.9 Å². The van der Waals surface area contributed by atoms with Crippen molar-refractivity contribution in [2.75, 3.05) is 5.32 Å². The minimum Gasteiger partial charge on any atom is -0.363 e. The third-order valence-electron chi connectivity index (χ3n) is 3.22. The second kappa shape index (κ2) is 4.69. The van der Waals surface area contributed by atoms with Crippen LogP contribution < -0.4 is 5.32 Å². The Morgan fingerprint density at radius 3 is 3.00 bits per heavy atom. The Hall–Kier alpha value is -1.42. The van der Waals surface area contributed by atoms with Crippen LogP contribution in [0.25, 0.3) is 0 Å². The zero-order chi connectivity index (χ0) is 12.5. The van der Waals surface area contributed by atoms with Gasteiger partial charge in [0.15, 0.2) is 0 Å². The first-order valence-corrected chi connectivity index (χ1v) is 6.69. The lowest BCUT2D eigenvalue weighted by Crippen LogP contribution is -2.08. The molecule has 0 saturated carbocycles. The van der Waals surface area contributed by atoms with Gasteiger partial charge < -0.3 is 5.32 Å². The molecule has 0 saturated heterocycles. The van der Waals surface area contributed by atoms with E-state index < -0.39 is 5.95 Å². The van der Waals surface area contributed by atoms with Gasteiger partial charge in [0.05, 0.1) is 6.04 Å². The number of nitrogens with zero attached hydrogens (tertiary/aromatic N) is 1. The van der Waals surface area contributed by atoms with Crippen LogP contribution >= 0.6 is 15.9 Å². The lowest BCUT2D eigenvalue weighted by molar-refractivity contribution is 0.583. The highest BCUT2D eigenvalue weighted by atomic mass is 79.9. The van der Waals surface area contributed by atoms with Crippen molar-refractivity contribution >= 4 is 21.7 Å². The summed E-state index contributed by atoms with van der Waals surface area (Å²) >= 11 is 3.48. The Kier molecular flexibility index (Phi) is 3.04. The van der Waals surface area contributed by atoms with Gasteiger partial charge in [-0.05, 0) is 48.2 Å². The van der Waals surface area contributed by atoms with Gasteiger partial charge in [-0.3, -0.25) is 0 Å². The molecule has 1 aliphatic rings. The molecule has 1 unspecified atom stereocenters. The second-order valence-corrected chi connectivity index (χ2v) is 5.34. The number of hydrogen-bond donors (Lipinski definition) is 1. The number of aryl methyl sites for hydroxylation is 1. The minimum atomic E-state index is -0.450. The third kappa shape index (κ3) is 2.25. The molecule has 1 aromatic carbocycles. The highest BCUT2D eigenvalue weighted by molar-refractivity contribution is 9.10. The predicted octanol–water partition coefficient (Wildman–Crippen LogP) is 4.08. The van der Waals surface area contributed by atoms with Crippen LogP contribution in [-0.2, 0) is 6.42 Å². The number of pyridine rings is 1. The van der Waals surface area contributed by atoms with Gasteiger partial charge in [0, 0.05) is 4.47 Å².